The van der Waals surface area contributed by atoms with Crippen LogP contribution in [0, 0.1) is 0 Å². The lowest BCUT2D eigenvalue weighted by atomic mass is 10.0. The monoisotopic (exact) mass is 434 g/mol. The van der Waals surface area contributed by atoms with E-state index in [9.17, 15) is 4.79 Å². The molecule has 0 aliphatic heterocycles. The molecule has 0 aromatic carbocycles. The van der Waals surface area contributed by atoms with E-state index >= 15 is 0 Å². The van der Waals surface area contributed by atoms with Crippen molar-refractivity contribution < 1.29 is 4.79 Å². The molecule has 0 aliphatic rings. The van der Waals surface area contributed by atoms with Gasteiger partial charge >= 0.3 is 0 Å². The topological polar surface area (TPSA) is 17.1 Å². The fourth-order valence-corrected chi connectivity index (χ4v) is 4.48. The highest BCUT2D eigenvalue weighted by Crippen LogP contribution is 2.15. The molecule has 1 heteroatoms. The van der Waals surface area contributed by atoms with Crippen LogP contribution in [0.4, 0.5) is 0 Å². The molecule has 0 saturated heterocycles. The number of rotatable bonds is 26. The van der Waals surface area contributed by atoms with Crippen LogP contribution in [0.3, 0.4) is 0 Å². The van der Waals surface area contributed by atoms with E-state index in [0.717, 1.165) is 24.7 Å². The fraction of sp³-hybridized carbons (Fsp3) is 0.900. The van der Waals surface area contributed by atoms with E-state index in [1.165, 1.54) is 148 Å². The van der Waals surface area contributed by atoms with Gasteiger partial charge in [-0.2, -0.15) is 0 Å². The van der Waals surface area contributed by atoms with E-state index < -0.39 is 0 Å². The lowest BCUT2D eigenvalue weighted by molar-refractivity contribution is -0.105. The Morgan fingerprint density at radius 1 is 0.452 bits per heavy atom. The van der Waals surface area contributed by atoms with E-state index in [4.69, 9.17) is 0 Å². The number of aldehydes is 1. The Labute approximate surface area is 197 Å². The van der Waals surface area contributed by atoms with Crippen LogP contribution in [-0.2, 0) is 4.79 Å². The average Bonchev–Trinajstić information content (AvgIpc) is 2.79. The van der Waals surface area contributed by atoms with Gasteiger partial charge in [-0.05, 0) is 31.3 Å². The molecular weight excluding hydrogens is 376 g/mol. The molecule has 0 fully saturated rings. The number of allylic oxidation sites excluding steroid dienone is 2. The Kier molecular flexibility index (Phi) is 26.9. The second-order valence-electron chi connectivity index (χ2n) is 9.86. The van der Waals surface area contributed by atoms with Crippen LogP contribution in [0.2, 0.25) is 0 Å². The minimum absolute atomic E-state index is 0.999. The number of carbonyl (C=O) groups is 1. The molecule has 0 spiro atoms. The molecule has 0 atom stereocenters. The molecule has 1 nitrogen and oxygen atoms in total. The maximum absolute atomic E-state index is 11.3. The zero-order valence-corrected chi connectivity index (χ0v) is 21.7. The van der Waals surface area contributed by atoms with Crippen LogP contribution in [0.25, 0.3) is 0 Å². The van der Waals surface area contributed by atoms with Crippen LogP contribution in [0.15, 0.2) is 11.6 Å². The summed E-state index contributed by atoms with van der Waals surface area (Å²) in [6.45, 7) is 4.57. The van der Waals surface area contributed by atoms with E-state index in [-0.39, 0.29) is 0 Å². The predicted octanol–water partition coefficient (Wildman–Crippen LogP) is 10.9. The lowest BCUT2D eigenvalue weighted by Gasteiger charge is -2.04. The maximum Gasteiger partial charge on any atom is 0.145 e. The SMILES string of the molecule is CCCCCCCCCCCCCC/C=C(/C=O)CCCCCCCCCCCCC. The van der Waals surface area contributed by atoms with Crippen LogP contribution >= 0.6 is 0 Å². The molecule has 0 aromatic rings. The van der Waals surface area contributed by atoms with Gasteiger partial charge in [-0.15, -0.1) is 0 Å². The second kappa shape index (κ2) is 27.4. The molecule has 0 saturated carbocycles. The fourth-order valence-electron chi connectivity index (χ4n) is 4.48. The highest BCUT2D eigenvalue weighted by atomic mass is 16.1. The number of hydrogen-bond acceptors (Lipinski definition) is 1. The van der Waals surface area contributed by atoms with Crippen molar-refractivity contribution in [2.24, 2.45) is 0 Å². The van der Waals surface area contributed by atoms with Gasteiger partial charge in [0.15, 0.2) is 0 Å². The van der Waals surface area contributed by atoms with Crippen molar-refractivity contribution in [1.29, 1.82) is 0 Å². The molecule has 0 rings (SSSR count). The van der Waals surface area contributed by atoms with Crippen LogP contribution in [-0.4, -0.2) is 6.29 Å². The lowest BCUT2D eigenvalue weighted by Crippen LogP contribution is -1.88. The van der Waals surface area contributed by atoms with Crippen LogP contribution in [0.5, 0.6) is 0 Å². The zero-order valence-electron chi connectivity index (χ0n) is 21.7. The normalized spacial score (nSPS) is 11.9. The highest BCUT2D eigenvalue weighted by Gasteiger charge is 1.98. The first kappa shape index (κ1) is 30.4. The largest absolute Gasteiger partial charge is 0.298 e. The summed E-state index contributed by atoms with van der Waals surface area (Å²) >= 11 is 0. The van der Waals surface area contributed by atoms with Gasteiger partial charge in [0.25, 0.3) is 0 Å². The summed E-state index contributed by atoms with van der Waals surface area (Å²) in [6.07, 6.45) is 37.2. The third kappa shape index (κ3) is 25.5. The van der Waals surface area contributed by atoms with Gasteiger partial charge in [-0.25, -0.2) is 0 Å². The average molecular weight is 435 g/mol. The molecule has 31 heavy (non-hydrogen) atoms. The molecule has 0 heterocycles. The Hall–Kier alpha value is -0.590. The van der Waals surface area contributed by atoms with E-state index in [0.29, 0.717) is 0 Å². The number of hydrogen-bond donors (Lipinski definition) is 0. The van der Waals surface area contributed by atoms with Gasteiger partial charge in [0.1, 0.15) is 6.29 Å². The van der Waals surface area contributed by atoms with Crippen molar-refractivity contribution >= 4 is 6.29 Å². The molecular formula is C30H58O. The van der Waals surface area contributed by atoms with Crippen molar-refractivity contribution in [2.75, 3.05) is 0 Å². The summed E-state index contributed by atoms with van der Waals surface area (Å²) in [5.41, 5.74) is 1.05. The van der Waals surface area contributed by atoms with Gasteiger partial charge in [0, 0.05) is 0 Å². The number of carbonyl (C=O) groups excluding carboxylic acids is 1. The van der Waals surface area contributed by atoms with E-state index in [2.05, 4.69) is 19.9 Å². The van der Waals surface area contributed by atoms with Crippen LogP contribution in [0.1, 0.15) is 174 Å². The van der Waals surface area contributed by atoms with Crippen LogP contribution < -0.4 is 0 Å². The quantitative estimate of drug-likeness (QED) is 0.0751. The third-order valence-corrected chi connectivity index (χ3v) is 6.68. The Morgan fingerprint density at radius 3 is 1.13 bits per heavy atom. The minimum atomic E-state index is 0.999. The third-order valence-electron chi connectivity index (χ3n) is 6.68. The van der Waals surface area contributed by atoms with Gasteiger partial charge < -0.3 is 0 Å². The Bertz CT molecular complexity index is 371. The van der Waals surface area contributed by atoms with Crippen molar-refractivity contribution in [3.63, 3.8) is 0 Å². The molecule has 0 radical (unpaired) electrons. The van der Waals surface area contributed by atoms with Gasteiger partial charge in [-0.3, -0.25) is 4.79 Å². The van der Waals surface area contributed by atoms with E-state index in [1.807, 2.05) is 0 Å². The summed E-state index contributed by atoms with van der Waals surface area (Å²) in [4.78, 5) is 11.3. The molecule has 0 aromatic heterocycles. The summed E-state index contributed by atoms with van der Waals surface area (Å²) in [7, 11) is 0. The molecule has 0 bridgehead atoms. The summed E-state index contributed by atoms with van der Waals surface area (Å²) < 4.78 is 0. The van der Waals surface area contributed by atoms with Crippen molar-refractivity contribution in [2.45, 2.75) is 174 Å². The van der Waals surface area contributed by atoms with Crippen molar-refractivity contribution in [1.82, 2.24) is 0 Å². The second-order valence-corrected chi connectivity index (χ2v) is 9.86. The summed E-state index contributed by atoms with van der Waals surface area (Å²) in [5, 5.41) is 0. The van der Waals surface area contributed by atoms with Gasteiger partial charge in [0.2, 0.25) is 0 Å². The van der Waals surface area contributed by atoms with Crippen molar-refractivity contribution in [3.8, 4) is 0 Å². The summed E-state index contributed by atoms with van der Waals surface area (Å²) in [5.74, 6) is 0. The summed E-state index contributed by atoms with van der Waals surface area (Å²) in [6, 6.07) is 0. The van der Waals surface area contributed by atoms with Gasteiger partial charge in [0.05, 0.1) is 0 Å². The minimum Gasteiger partial charge on any atom is -0.298 e. The first-order valence-corrected chi connectivity index (χ1v) is 14.5. The molecule has 0 unspecified atom stereocenters. The molecule has 0 N–H and O–H groups in total. The Balaban J connectivity index is 3.37. The Morgan fingerprint density at radius 2 is 0.774 bits per heavy atom. The smallest absolute Gasteiger partial charge is 0.145 e. The predicted molar refractivity (Wildman–Crippen MR) is 141 cm³/mol. The maximum atomic E-state index is 11.3. The first-order valence-electron chi connectivity index (χ1n) is 14.5. The van der Waals surface area contributed by atoms with E-state index in [1.54, 1.807) is 0 Å². The molecule has 184 valence electrons. The zero-order chi connectivity index (χ0) is 22.7. The van der Waals surface area contributed by atoms with Crippen molar-refractivity contribution in [3.05, 3.63) is 11.6 Å². The number of unbranched alkanes of at least 4 members (excludes halogenated alkanes) is 22. The first-order chi connectivity index (χ1) is 15.3. The highest BCUT2D eigenvalue weighted by molar-refractivity contribution is 5.72. The molecule has 0 amide bonds. The standard InChI is InChI=1S/C30H58O/c1-3-5-7-9-11-13-15-16-18-20-22-24-26-28-30(29-31)27-25-23-21-19-17-14-12-10-8-6-4-2/h28-29H,3-27H2,1-2H3/b30-28+. The van der Waals surface area contributed by atoms with Gasteiger partial charge in [-0.1, -0.05) is 155 Å². The molecule has 0 aliphatic carbocycles.